The molecule has 0 aliphatic heterocycles. The molecule has 18 heavy (non-hydrogen) atoms. The highest BCUT2D eigenvalue weighted by atomic mass is 16.4. The number of carboxylic acid groups (broad SMARTS) is 1. The number of carbonyl (C=O) groups excluding carboxylic acids is 1. The van der Waals surface area contributed by atoms with Crippen molar-refractivity contribution in [1.82, 2.24) is 4.98 Å². The first-order valence-corrected chi connectivity index (χ1v) is 5.66. The summed E-state index contributed by atoms with van der Waals surface area (Å²) in [5.74, 6) is -1.46. The standard InChI is InChI=1S/C12H15N3O3/c1-15(2)10-9(4-3-5-13-10)14-11(16)7-6-8(7)12(17)18/h3-5,7-8H,6H2,1-2H3,(H,14,16)(H,17,18). The summed E-state index contributed by atoms with van der Waals surface area (Å²) in [6.07, 6.45) is 2.06. The predicted octanol–water partition coefficient (Wildman–Crippen LogP) is 0.807. The van der Waals surface area contributed by atoms with Gasteiger partial charge in [-0.1, -0.05) is 0 Å². The lowest BCUT2D eigenvalue weighted by Gasteiger charge is -2.16. The SMILES string of the molecule is CN(C)c1ncccc1NC(=O)C1CC1C(=O)O. The zero-order valence-electron chi connectivity index (χ0n) is 10.3. The van der Waals surface area contributed by atoms with E-state index in [-0.39, 0.29) is 5.91 Å². The van der Waals surface area contributed by atoms with Crippen LogP contribution in [0.4, 0.5) is 11.5 Å². The Balaban J connectivity index is 2.06. The third-order valence-electron chi connectivity index (χ3n) is 2.91. The van der Waals surface area contributed by atoms with Crippen molar-refractivity contribution in [1.29, 1.82) is 0 Å². The number of aromatic nitrogens is 1. The Labute approximate surface area is 105 Å². The van der Waals surface area contributed by atoms with Gasteiger partial charge in [-0.05, 0) is 18.6 Å². The average molecular weight is 249 g/mol. The highest BCUT2D eigenvalue weighted by Crippen LogP contribution is 2.39. The molecule has 1 aromatic rings. The summed E-state index contributed by atoms with van der Waals surface area (Å²) in [6.45, 7) is 0. The summed E-state index contributed by atoms with van der Waals surface area (Å²) in [4.78, 5) is 28.5. The third kappa shape index (κ3) is 2.42. The maximum absolute atomic E-state index is 11.8. The summed E-state index contributed by atoms with van der Waals surface area (Å²) in [7, 11) is 3.66. The van der Waals surface area contributed by atoms with Crippen molar-refractivity contribution in [3.8, 4) is 0 Å². The number of anilines is 2. The Hall–Kier alpha value is -2.11. The van der Waals surface area contributed by atoms with Gasteiger partial charge in [-0.25, -0.2) is 4.98 Å². The summed E-state index contributed by atoms with van der Waals surface area (Å²) >= 11 is 0. The van der Waals surface area contributed by atoms with Crippen molar-refractivity contribution in [3.63, 3.8) is 0 Å². The lowest BCUT2D eigenvalue weighted by Crippen LogP contribution is -2.20. The molecule has 1 fully saturated rings. The van der Waals surface area contributed by atoms with Gasteiger partial charge in [-0.2, -0.15) is 0 Å². The number of pyridine rings is 1. The normalized spacial score (nSPS) is 21.2. The Kier molecular flexibility index (Phi) is 3.18. The molecule has 0 saturated heterocycles. The van der Waals surface area contributed by atoms with Crippen LogP contribution >= 0.6 is 0 Å². The predicted molar refractivity (Wildman–Crippen MR) is 66.4 cm³/mol. The molecule has 1 aliphatic rings. The van der Waals surface area contributed by atoms with Gasteiger partial charge in [-0.15, -0.1) is 0 Å². The van der Waals surface area contributed by atoms with Crippen molar-refractivity contribution < 1.29 is 14.7 Å². The van der Waals surface area contributed by atoms with Crippen LogP contribution in [-0.4, -0.2) is 36.1 Å². The summed E-state index contributed by atoms with van der Waals surface area (Å²) in [5.41, 5.74) is 0.600. The van der Waals surface area contributed by atoms with Crippen LogP contribution in [0.25, 0.3) is 0 Å². The quantitative estimate of drug-likeness (QED) is 0.825. The van der Waals surface area contributed by atoms with Crippen LogP contribution in [0.15, 0.2) is 18.3 Å². The topological polar surface area (TPSA) is 82.5 Å². The fraction of sp³-hybridized carbons (Fsp3) is 0.417. The number of nitrogens with one attached hydrogen (secondary N) is 1. The van der Waals surface area contributed by atoms with Crippen LogP contribution in [0.2, 0.25) is 0 Å². The van der Waals surface area contributed by atoms with E-state index >= 15 is 0 Å². The molecule has 1 amide bonds. The van der Waals surface area contributed by atoms with E-state index in [1.54, 1.807) is 23.2 Å². The van der Waals surface area contributed by atoms with Gasteiger partial charge < -0.3 is 15.3 Å². The number of rotatable bonds is 4. The summed E-state index contributed by atoms with van der Waals surface area (Å²) < 4.78 is 0. The van der Waals surface area contributed by atoms with Gasteiger partial charge in [0.2, 0.25) is 5.91 Å². The number of aliphatic carboxylic acids is 1. The fourth-order valence-electron chi connectivity index (χ4n) is 1.83. The van der Waals surface area contributed by atoms with E-state index in [1.165, 1.54) is 0 Å². The molecule has 0 spiro atoms. The van der Waals surface area contributed by atoms with Gasteiger partial charge in [0.15, 0.2) is 5.82 Å². The molecule has 2 unspecified atom stereocenters. The van der Waals surface area contributed by atoms with Crippen molar-refractivity contribution in [2.45, 2.75) is 6.42 Å². The van der Waals surface area contributed by atoms with E-state index < -0.39 is 17.8 Å². The first-order chi connectivity index (χ1) is 8.50. The number of carboxylic acids is 1. The Bertz CT molecular complexity index is 487. The second-order valence-electron chi connectivity index (χ2n) is 4.55. The summed E-state index contributed by atoms with van der Waals surface area (Å²) in [5, 5.41) is 11.5. The highest BCUT2D eigenvalue weighted by Gasteiger charge is 2.48. The molecule has 96 valence electrons. The molecule has 1 saturated carbocycles. The molecule has 2 atom stereocenters. The Morgan fingerprint density at radius 1 is 1.44 bits per heavy atom. The van der Waals surface area contributed by atoms with Crippen LogP contribution in [0.1, 0.15) is 6.42 Å². The van der Waals surface area contributed by atoms with Crippen LogP contribution in [0.5, 0.6) is 0 Å². The maximum atomic E-state index is 11.8. The van der Waals surface area contributed by atoms with Crippen LogP contribution < -0.4 is 10.2 Å². The molecule has 1 aliphatic carbocycles. The fourth-order valence-corrected chi connectivity index (χ4v) is 1.83. The molecule has 6 nitrogen and oxygen atoms in total. The Morgan fingerprint density at radius 2 is 2.17 bits per heavy atom. The molecule has 1 aromatic heterocycles. The number of hydrogen-bond acceptors (Lipinski definition) is 4. The van der Waals surface area contributed by atoms with Crippen LogP contribution in [-0.2, 0) is 9.59 Å². The van der Waals surface area contributed by atoms with E-state index in [0.717, 1.165) is 0 Å². The van der Waals surface area contributed by atoms with E-state index in [1.807, 2.05) is 14.1 Å². The molecule has 2 rings (SSSR count). The number of amides is 1. The summed E-state index contributed by atoms with van der Waals surface area (Å²) in [6, 6.07) is 3.47. The molecule has 6 heteroatoms. The van der Waals surface area contributed by atoms with Crippen molar-refractivity contribution in [2.75, 3.05) is 24.3 Å². The van der Waals surface area contributed by atoms with E-state index in [9.17, 15) is 9.59 Å². The first-order valence-electron chi connectivity index (χ1n) is 5.66. The zero-order chi connectivity index (χ0) is 13.3. The second kappa shape index (κ2) is 4.64. The monoisotopic (exact) mass is 249 g/mol. The lowest BCUT2D eigenvalue weighted by atomic mass is 10.3. The second-order valence-corrected chi connectivity index (χ2v) is 4.55. The first kappa shape index (κ1) is 12.3. The molecule has 2 N–H and O–H groups in total. The molecule has 0 radical (unpaired) electrons. The minimum atomic E-state index is -0.908. The molecular weight excluding hydrogens is 234 g/mol. The average Bonchev–Trinajstić information content (AvgIpc) is 3.09. The zero-order valence-corrected chi connectivity index (χ0v) is 10.3. The minimum absolute atomic E-state index is 0.251. The number of hydrogen-bond donors (Lipinski definition) is 2. The minimum Gasteiger partial charge on any atom is -0.481 e. The lowest BCUT2D eigenvalue weighted by molar-refractivity contribution is -0.139. The Morgan fingerprint density at radius 3 is 2.72 bits per heavy atom. The van der Waals surface area contributed by atoms with E-state index in [2.05, 4.69) is 10.3 Å². The van der Waals surface area contributed by atoms with Gasteiger partial charge >= 0.3 is 5.97 Å². The van der Waals surface area contributed by atoms with Gasteiger partial charge in [0.25, 0.3) is 0 Å². The maximum Gasteiger partial charge on any atom is 0.307 e. The van der Waals surface area contributed by atoms with Crippen molar-refractivity contribution >= 4 is 23.4 Å². The van der Waals surface area contributed by atoms with E-state index in [4.69, 9.17) is 5.11 Å². The number of nitrogens with zero attached hydrogens (tertiary/aromatic N) is 2. The highest BCUT2D eigenvalue weighted by molar-refractivity contribution is 5.99. The molecule has 1 heterocycles. The van der Waals surface area contributed by atoms with E-state index in [0.29, 0.717) is 17.9 Å². The van der Waals surface area contributed by atoms with Crippen LogP contribution in [0, 0.1) is 11.8 Å². The van der Waals surface area contributed by atoms with Gasteiger partial charge in [0.1, 0.15) is 0 Å². The van der Waals surface area contributed by atoms with Crippen LogP contribution in [0.3, 0.4) is 0 Å². The largest absolute Gasteiger partial charge is 0.481 e. The number of carbonyl (C=O) groups is 2. The smallest absolute Gasteiger partial charge is 0.307 e. The van der Waals surface area contributed by atoms with Gasteiger partial charge in [0.05, 0.1) is 17.5 Å². The molecule has 0 bridgehead atoms. The van der Waals surface area contributed by atoms with Gasteiger partial charge in [-0.3, -0.25) is 9.59 Å². The third-order valence-corrected chi connectivity index (χ3v) is 2.91. The van der Waals surface area contributed by atoms with Crippen molar-refractivity contribution in [2.24, 2.45) is 11.8 Å². The van der Waals surface area contributed by atoms with Crippen molar-refractivity contribution in [3.05, 3.63) is 18.3 Å². The van der Waals surface area contributed by atoms with Gasteiger partial charge in [0, 0.05) is 20.3 Å². The molecular formula is C12H15N3O3. The molecule has 0 aromatic carbocycles.